The van der Waals surface area contributed by atoms with Crippen molar-refractivity contribution in [3.63, 3.8) is 0 Å². The van der Waals surface area contributed by atoms with E-state index in [1.54, 1.807) is 0 Å². The molecule has 1 aliphatic rings. The van der Waals surface area contributed by atoms with E-state index in [0.29, 0.717) is 12.3 Å². The SMILES string of the molecule is C=C(C)[C@H]1CC=C(C)C(=NNC(=O)CCc2ccccc2)C1. The fourth-order valence-corrected chi connectivity index (χ4v) is 2.51. The summed E-state index contributed by atoms with van der Waals surface area (Å²) in [5.41, 5.74) is 7.15. The third-order valence-corrected chi connectivity index (χ3v) is 4.10. The van der Waals surface area contributed by atoms with Crippen LogP contribution in [0.1, 0.15) is 38.7 Å². The number of hydrogen-bond donors (Lipinski definition) is 1. The molecule has 0 heterocycles. The predicted molar refractivity (Wildman–Crippen MR) is 91.6 cm³/mol. The van der Waals surface area contributed by atoms with Gasteiger partial charge in [0, 0.05) is 6.42 Å². The highest BCUT2D eigenvalue weighted by molar-refractivity contribution is 6.01. The zero-order chi connectivity index (χ0) is 15.9. The van der Waals surface area contributed by atoms with Crippen LogP contribution in [0.25, 0.3) is 0 Å². The van der Waals surface area contributed by atoms with Crippen LogP contribution in [-0.2, 0) is 11.2 Å². The molecule has 1 N–H and O–H groups in total. The maximum atomic E-state index is 11.9. The molecule has 0 saturated heterocycles. The number of allylic oxidation sites excluding steroid dienone is 3. The van der Waals surface area contributed by atoms with Gasteiger partial charge < -0.3 is 0 Å². The molecule has 2 rings (SSSR count). The van der Waals surface area contributed by atoms with Crippen molar-refractivity contribution in [2.75, 3.05) is 0 Å². The maximum Gasteiger partial charge on any atom is 0.240 e. The van der Waals surface area contributed by atoms with Crippen molar-refractivity contribution in [3.8, 4) is 0 Å². The molecule has 0 unspecified atom stereocenters. The second-order valence-electron chi connectivity index (χ2n) is 5.95. The molecule has 0 saturated carbocycles. The van der Waals surface area contributed by atoms with Gasteiger partial charge >= 0.3 is 0 Å². The van der Waals surface area contributed by atoms with Crippen molar-refractivity contribution in [2.24, 2.45) is 11.0 Å². The van der Waals surface area contributed by atoms with Crippen LogP contribution in [0.5, 0.6) is 0 Å². The molecule has 0 spiro atoms. The fourth-order valence-electron chi connectivity index (χ4n) is 2.51. The Bertz CT molecular complexity index is 599. The van der Waals surface area contributed by atoms with Gasteiger partial charge in [-0.3, -0.25) is 4.79 Å². The topological polar surface area (TPSA) is 41.5 Å². The number of nitrogens with zero attached hydrogens (tertiary/aromatic N) is 1. The molecular formula is C19H24N2O. The number of hydrogen-bond acceptors (Lipinski definition) is 2. The molecule has 3 nitrogen and oxygen atoms in total. The summed E-state index contributed by atoms with van der Waals surface area (Å²) >= 11 is 0. The van der Waals surface area contributed by atoms with Gasteiger partial charge in [-0.25, -0.2) is 5.43 Å². The minimum Gasteiger partial charge on any atom is -0.273 e. The molecule has 1 aromatic carbocycles. The van der Waals surface area contributed by atoms with E-state index in [-0.39, 0.29) is 5.91 Å². The first kappa shape index (κ1) is 16.2. The van der Waals surface area contributed by atoms with Gasteiger partial charge in [0.1, 0.15) is 0 Å². The molecular weight excluding hydrogens is 272 g/mol. The van der Waals surface area contributed by atoms with E-state index in [4.69, 9.17) is 0 Å². The Labute approximate surface area is 132 Å². The lowest BCUT2D eigenvalue weighted by atomic mass is 9.85. The molecule has 0 aliphatic heterocycles. The average molecular weight is 296 g/mol. The van der Waals surface area contributed by atoms with E-state index in [1.165, 1.54) is 11.1 Å². The van der Waals surface area contributed by atoms with Crippen LogP contribution in [0.2, 0.25) is 0 Å². The third-order valence-electron chi connectivity index (χ3n) is 4.10. The number of carbonyl (C=O) groups is 1. The minimum absolute atomic E-state index is 0.0402. The Balaban J connectivity index is 1.87. The van der Waals surface area contributed by atoms with Gasteiger partial charge in [-0.15, -0.1) is 0 Å². The van der Waals surface area contributed by atoms with Crippen LogP contribution in [0.3, 0.4) is 0 Å². The van der Waals surface area contributed by atoms with Gasteiger partial charge in [0.2, 0.25) is 5.91 Å². The van der Waals surface area contributed by atoms with E-state index >= 15 is 0 Å². The third kappa shape index (κ3) is 4.69. The maximum absolute atomic E-state index is 11.9. The Hall–Kier alpha value is -2.16. The molecule has 0 aromatic heterocycles. The minimum atomic E-state index is -0.0402. The van der Waals surface area contributed by atoms with E-state index in [2.05, 4.69) is 30.1 Å². The number of rotatable bonds is 5. The lowest BCUT2D eigenvalue weighted by Gasteiger charge is -2.22. The standard InChI is InChI=1S/C19H24N2O/c1-14(2)17-11-9-15(3)18(13-17)20-21-19(22)12-10-16-7-5-4-6-8-16/h4-9,17H,1,10-13H2,2-3H3,(H,21,22)/t17-/m0/s1. The molecule has 0 fully saturated rings. The summed E-state index contributed by atoms with van der Waals surface area (Å²) in [4.78, 5) is 11.9. The molecule has 116 valence electrons. The highest BCUT2D eigenvalue weighted by Gasteiger charge is 2.18. The quantitative estimate of drug-likeness (QED) is 0.647. The largest absolute Gasteiger partial charge is 0.273 e. The van der Waals surface area contributed by atoms with Crippen molar-refractivity contribution in [1.82, 2.24) is 5.43 Å². The van der Waals surface area contributed by atoms with Crippen LogP contribution in [0.15, 0.2) is 59.2 Å². The average Bonchev–Trinajstić information content (AvgIpc) is 2.53. The van der Waals surface area contributed by atoms with Crippen LogP contribution >= 0.6 is 0 Å². The Morgan fingerprint density at radius 2 is 2.09 bits per heavy atom. The van der Waals surface area contributed by atoms with Crippen molar-refractivity contribution in [1.29, 1.82) is 0 Å². The smallest absolute Gasteiger partial charge is 0.240 e. The monoisotopic (exact) mass is 296 g/mol. The highest BCUT2D eigenvalue weighted by atomic mass is 16.2. The summed E-state index contributed by atoms with van der Waals surface area (Å²) in [5, 5.41) is 4.32. The lowest BCUT2D eigenvalue weighted by Crippen LogP contribution is -2.23. The van der Waals surface area contributed by atoms with Gasteiger partial charge in [0.05, 0.1) is 5.71 Å². The summed E-state index contributed by atoms with van der Waals surface area (Å²) in [5.74, 6) is 0.394. The van der Waals surface area contributed by atoms with Crippen molar-refractivity contribution >= 4 is 11.6 Å². The summed E-state index contributed by atoms with van der Waals surface area (Å²) in [6, 6.07) is 10.0. The summed E-state index contributed by atoms with van der Waals surface area (Å²) < 4.78 is 0. The van der Waals surface area contributed by atoms with Crippen LogP contribution in [0, 0.1) is 5.92 Å². The van der Waals surface area contributed by atoms with Gasteiger partial charge in [0.25, 0.3) is 0 Å². The van der Waals surface area contributed by atoms with Gasteiger partial charge in [-0.05, 0) is 50.2 Å². The van der Waals surface area contributed by atoms with Crippen LogP contribution in [0.4, 0.5) is 0 Å². The van der Waals surface area contributed by atoms with E-state index in [1.807, 2.05) is 37.3 Å². The van der Waals surface area contributed by atoms with Crippen LogP contribution in [-0.4, -0.2) is 11.6 Å². The van der Waals surface area contributed by atoms with E-state index in [9.17, 15) is 4.79 Å². The van der Waals surface area contributed by atoms with Gasteiger partial charge in [0.15, 0.2) is 0 Å². The van der Waals surface area contributed by atoms with Crippen molar-refractivity contribution < 1.29 is 4.79 Å². The van der Waals surface area contributed by atoms with Crippen LogP contribution < -0.4 is 5.43 Å². The number of carbonyl (C=O) groups excluding carboxylic acids is 1. The van der Waals surface area contributed by atoms with Gasteiger partial charge in [-0.2, -0.15) is 5.10 Å². The molecule has 0 radical (unpaired) electrons. The second-order valence-corrected chi connectivity index (χ2v) is 5.95. The summed E-state index contributed by atoms with van der Waals surface area (Å²) in [7, 11) is 0. The molecule has 1 aromatic rings. The predicted octanol–water partition coefficient (Wildman–Crippen LogP) is 4.02. The molecule has 1 aliphatic carbocycles. The second kappa shape index (κ2) is 7.74. The number of hydrazone groups is 1. The molecule has 1 atom stereocenters. The van der Waals surface area contributed by atoms with Gasteiger partial charge in [-0.1, -0.05) is 48.6 Å². The number of benzene rings is 1. The normalized spacial score (nSPS) is 19.6. The molecule has 0 bridgehead atoms. The van der Waals surface area contributed by atoms with E-state index in [0.717, 1.165) is 30.5 Å². The summed E-state index contributed by atoms with van der Waals surface area (Å²) in [6.07, 6.45) is 5.24. The van der Waals surface area contributed by atoms with Crippen molar-refractivity contribution in [3.05, 3.63) is 59.7 Å². The Kier molecular flexibility index (Phi) is 5.70. The summed E-state index contributed by atoms with van der Waals surface area (Å²) in [6.45, 7) is 8.12. The lowest BCUT2D eigenvalue weighted by molar-refractivity contribution is -0.121. The number of aryl methyl sites for hydroxylation is 1. The highest BCUT2D eigenvalue weighted by Crippen LogP contribution is 2.26. The van der Waals surface area contributed by atoms with Crippen molar-refractivity contribution in [2.45, 2.75) is 39.5 Å². The van der Waals surface area contributed by atoms with E-state index < -0.39 is 0 Å². The molecule has 22 heavy (non-hydrogen) atoms. The number of nitrogens with one attached hydrogen (secondary N) is 1. The first-order chi connectivity index (χ1) is 10.6. The Morgan fingerprint density at radius 1 is 1.36 bits per heavy atom. The zero-order valence-electron chi connectivity index (χ0n) is 13.4. The zero-order valence-corrected chi connectivity index (χ0v) is 13.4. The molecule has 3 heteroatoms. The number of amides is 1. The first-order valence-corrected chi connectivity index (χ1v) is 7.78. The Morgan fingerprint density at radius 3 is 2.77 bits per heavy atom. The first-order valence-electron chi connectivity index (χ1n) is 7.78. The molecule has 1 amide bonds. The fraction of sp³-hybridized carbons (Fsp3) is 0.368.